The van der Waals surface area contributed by atoms with E-state index in [0.29, 0.717) is 16.3 Å². The minimum absolute atomic E-state index is 0.220. The first-order valence-corrected chi connectivity index (χ1v) is 7.48. The molecule has 0 radical (unpaired) electrons. The number of thioether (sulfide) groups is 1. The number of nitrogens with one attached hydrogen (secondary N) is 1. The Bertz CT molecular complexity index is 461. The number of carbonyl (C=O) groups excluding carboxylic acids is 1. The Morgan fingerprint density at radius 2 is 2.00 bits per heavy atom. The van der Waals surface area contributed by atoms with Crippen LogP contribution in [0.25, 0.3) is 0 Å². The maximum atomic E-state index is 12.1. The Labute approximate surface area is 118 Å². The van der Waals surface area contributed by atoms with Gasteiger partial charge in [-0.15, -0.1) is 11.8 Å². The van der Waals surface area contributed by atoms with Gasteiger partial charge in [-0.1, -0.05) is 13.8 Å². The molecular weight excluding hydrogens is 262 g/mol. The fourth-order valence-electron chi connectivity index (χ4n) is 1.56. The maximum Gasteiger partial charge on any atom is 0.255 e. The van der Waals surface area contributed by atoms with Crippen LogP contribution in [0.4, 0.5) is 0 Å². The van der Waals surface area contributed by atoms with Gasteiger partial charge in [0.05, 0.1) is 17.4 Å². The standard InChI is InChI=1S/C13H21N3O2S/c1-7(2)11-15-9(4)10(13(16-11)19-5)12(18)14-6-8(3)17/h7-8,17H,6H2,1-5H3,(H,14,18)/t8-/m1/s1. The number of aliphatic hydroxyl groups excluding tert-OH is 1. The highest BCUT2D eigenvalue weighted by Gasteiger charge is 2.19. The number of carbonyl (C=O) groups is 1. The van der Waals surface area contributed by atoms with E-state index in [2.05, 4.69) is 15.3 Å². The molecule has 0 aromatic carbocycles. The molecule has 0 fully saturated rings. The molecule has 1 heterocycles. The van der Waals surface area contributed by atoms with E-state index < -0.39 is 6.10 Å². The highest BCUT2D eigenvalue weighted by atomic mass is 32.2. The summed E-state index contributed by atoms with van der Waals surface area (Å²) in [5.74, 6) is 0.728. The van der Waals surface area contributed by atoms with Crippen LogP contribution in [-0.4, -0.2) is 39.9 Å². The second-order valence-corrected chi connectivity index (χ2v) is 5.56. The molecule has 1 rings (SSSR count). The Morgan fingerprint density at radius 3 is 2.47 bits per heavy atom. The van der Waals surface area contributed by atoms with Crippen LogP contribution in [-0.2, 0) is 0 Å². The zero-order valence-corrected chi connectivity index (χ0v) is 12.8. The van der Waals surface area contributed by atoms with Crippen molar-refractivity contribution in [1.82, 2.24) is 15.3 Å². The average Bonchev–Trinajstić information content (AvgIpc) is 2.34. The molecule has 2 N–H and O–H groups in total. The van der Waals surface area contributed by atoms with E-state index in [-0.39, 0.29) is 18.4 Å². The van der Waals surface area contributed by atoms with Gasteiger partial charge in [0.25, 0.3) is 5.91 Å². The van der Waals surface area contributed by atoms with Crippen LogP contribution in [0.5, 0.6) is 0 Å². The number of amides is 1. The van der Waals surface area contributed by atoms with Crippen molar-refractivity contribution in [2.24, 2.45) is 0 Å². The second-order valence-electron chi connectivity index (χ2n) is 4.77. The zero-order chi connectivity index (χ0) is 14.6. The van der Waals surface area contributed by atoms with E-state index in [1.807, 2.05) is 27.0 Å². The van der Waals surface area contributed by atoms with E-state index in [9.17, 15) is 9.90 Å². The molecule has 0 unspecified atom stereocenters. The monoisotopic (exact) mass is 283 g/mol. The van der Waals surface area contributed by atoms with Crippen LogP contribution < -0.4 is 5.32 Å². The molecule has 0 saturated carbocycles. The predicted molar refractivity (Wildman–Crippen MR) is 76.7 cm³/mol. The van der Waals surface area contributed by atoms with Gasteiger partial charge in [-0.3, -0.25) is 4.79 Å². The van der Waals surface area contributed by atoms with Gasteiger partial charge in [-0.05, 0) is 20.1 Å². The average molecular weight is 283 g/mol. The number of aryl methyl sites for hydroxylation is 1. The lowest BCUT2D eigenvalue weighted by molar-refractivity contribution is 0.0919. The van der Waals surface area contributed by atoms with Crippen molar-refractivity contribution in [3.63, 3.8) is 0 Å². The lowest BCUT2D eigenvalue weighted by atomic mass is 10.1. The van der Waals surface area contributed by atoms with Crippen molar-refractivity contribution in [3.8, 4) is 0 Å². The summed E-state index contributed by atoms with van der Waals surface area (Å²) in [5, 5.41) is 12.6. The van der Waals surface area contributed by atoms with Crippen molar-refractivity contribution in [2.45, 2.75) is 44.7 Å². The summed E-state index contributed by atoms with van der Waals surface area (Å²) in [6.45, 7) is 7.70. The summed E-state index contributed by atoms with van der Waals surface area (Å²) in [5.41, 5.74) is 1.17. The summed E-state index contributed by atoms with van der Waals surface area (Å²) in [6, 6.07) is 0. The minimum Gasteiger partial charge on any atom is -0.392 e. The molecule has 106 valence electrons. The van der Waals surface area contributed by atoms with Gasteiger partial charge < -0.3 is 10.4 Å². The van der Waals surface area contributed by atoms with E-state index >= 15 is 0 Å². The van der Waals surface area contributed by atoms with E-state index in [0.717, 1.165) is 5.82 Å². The zero-order valence-electron chi connectivity index (χ0n) is 12.0. The van der Waals surface area contributed by atoms with Gasteiger partial charge in [-0.25, -0.2) is 9.97 Å². The van der Waals surface area contributed by atoms with E-state index in [4.69, 9.17) is 0 Å². The highest BCUT2D eigenvalue weighted by Crippen LogP contribution is 2.22. The summed E-state index contributed by atoms with van der Waals surface area (Å²) in [7, 11) is 0. The van der Waals surface area contributed by atoms with Crippen molar-refractivity contribution < 1.29 is 9.90 Å². The Morgan fingerprint density at radius 1 is 1.37 bits per heavy atom. The third-order valence-corrected chi connectivity index (χ3v) is 3.25. The van der Waals surface area contributed by atoms with Crippen LogP contribution in [0.15, 0.2) is 5.03 Å². The molecule has 0 saturated heterocycles. The number of rotatable bonds is 5. The molecule has 6 heteroatoms. The van der Waals surface area contributed by atoms with Gasteiger partial charge in [0.2, 0.25) is 0 Å². The fraction of sp³-hybridized carbons (Fsp3) is 0.615. The predicted octanol–water partition coefficient (Wildman–Crippen LogP) is 1.74. The first-order chi connectivity index (χ1) is 8.86. The van der Waals surface area contributed by atoms with Gasteiger partial charge in [0.1, 0.15) is 10.9 Å². The van der Waals surface area contributed by atoms with E-state index in [1.165, 1.54) is 11.8 Å². The summed E-state index contributed by atoms with van der Waals surface area (Å²) in [4.78, 5) is 20.9. The van der Waals surface area contributed by atoms with Crippen molar-refractivity contribution >= 4 is 17.7 Å². The van der Waals surface area contributed by atoms with Crippen molar-refractivity contribution in [3.05, 3.63) is 17.1 Å². The van der Waals surface area contributed by atoms with Crippen LogP contribution in [0, 0.1) is 6.92 Å². The Hall–Kier alpha value is -1.14. The topological polar surface area (TPSA) is 75.1 Å². The largest absolute Gasteiger partial charge is 0.392 e. The smallest absolute Gasteiger partial charge is 0.255 e. The Kier molecular flexibility index (Phi) is 5.75. The maximum absolute atomic E-state index is 12.1. The minimum atomic E-state index is -0.571. The molecule has 0 bridgehead atoms. The lowest BCUT2D eigenvalue weighted by Crippen LogP contribution is -2.32. The molecule has 1 aromatic rings. The number of nitrogens with zero attached hydrogens (tertiary/aromatic N) is 2. The summed E-state index contributed by atoms with van der Waals surface area (Å²) in [6.07, 6.45) is 1.31. The van der Waals surface area contributed by atoms with Crippen LogP contribution in [0.3, 0.4) is 0 Å². The van der Waals surface area contributed by atoms with Crippen molar-refractivity contribution in [2.75, 3.05) is 12.8 Å². The molecule has 1 amide bonds. The van der Waals surface area contributed by atoms with Crippen LogP contribution in [0.2, 0.25) is 0 Å². The molecule has 0 aliphatic rings. The van der Waals surface area contributed by atoms with Gasteiger partial charge in [0.15, 0.2) is 0 Å². The molecule has 19 heavy (non-hydrogen) atoms. The molecule has 0 aliphatic carbocycles. The first-order valence-electron chi connectivity index (χ1n) is 6.25. The van der Waals surface area contributed by atoms with Gasteiger partial charge in [-0.2, -0.15) is 0 Å². The quantitative estimate of drug-likeness (QED) is 0.636. The summed E-state index contributed by atoms with van der Waals surface area (Å²) >= 11 is 1.43. The molecule has 1 atom stereocenters. The molecule has 5 nitrogen and oxygen atoms in total. The van der Waals surface area contributed by atoms with Crippen LogP contribution in [0.1, 0.15) is 48.6 Å². The van der Waals surface area contributed by atoms with Crippen molar-refractivity contribution in [1.29, 1.82) is 0 Å². The molecule has 0 spiro atoms. The fourth-order valence-corrected chi connectivity index (χ4v) is 2.19. The number of hydrogen-bond acceptors (Lipinski definition) is 5. The molecule has 1 aromatic heterocycles. The first kappa shape index (κ1) is 15.9. The number of hydrogen-bond donors (Lipinski definition) is 2. The van der Waals surface area contributed by atoms with Crippen LogP contribution >= 0.6 is 11.8 Å². The molecule has 0 aliphatic heterocycles. The lowest BCUT2D eigenvalue weighted by Gasteiger charge is -2.14. The van der Waals surface area contributed by atoms with Gasteiger partial charge in [0, 0.05) is 12.5 Å². The number of aliphatic hydroxyl groups is 1. The van der Waals surface area contributed by atoms with Gasteiger partial charge >= 0.3 is 0 Å². The molecular formula is C13H21N3O2S. The highest BCUT2D eigenvalue weighted by molar-refractivity contribution is 7.98. The third-order valence-electron chi connectivity index (χ3n) is 2.57. The third kappa shape index (κ3) is 4.18. The second kappa shape index (κ2) is 6.86. The normalized spacial score (nSPS) is 12.6. The number of aromatic nitrogens is 2. The van der Waals surface area contributed by atoms with E-state index in [1.54, 1.807) is 6.92 Å². The Balaban J connectivity index is 3.09. The SMILES string of the molecule is CSc1nc(C(C)C)nc(C)c1C(=O)NC[C@@H](C)O. The summed E-state index contributed by atoms with van der Waals surface area (Å²) < 4.78 is 0.